The predicted octanol–water partition coefficient (Wildman–Crippen LogP) is 1.05. The highest BCUT2D eigenvalue weighted by Gasteiger charge is 2.10. The van der Waals surface area contributed by atoms with Crippen LogP contribution in [-0.2, 0) is 6.61 Å². The van der Waals surface area contributed by atoms with Crippen molar-refractivity contribution in [3.05, 3.63) is 23.9 Å². The minimum absolute atomic E-state index is 0.0288. The molecule has 1 N–H and O–H groups in total. The van der Waals surface area contributed by atoms with Crippen molar-refractivity contribution in [3.8, 4) is 5.88 Å². The van der Waals surface area contributed by atoms with Gasteiger partial charge in [0.25, 0.3) is 0 Å². The highest BCUT2D eigenvalue weighted by molar-refractivity contribution is 5.16. The largest absolute Gasteiger partial charge is 0.476 e. The van der Waals surface area contributed by atoms with Crippen LogP contribution in [0.5, 0.6) is 5.88 Å². The van der Waals surface area contributed by atoms with Crippen LogP contribution in [0.15, 0.2) is 18.3 Å². The molecule has 1 aliphatic rings. The van der Waals surface area contributed by atoms with Crippen LogP contribution in [0.4, 0.5) is 0 Å². The molecule has 1 aromatic rings. The molecule has 1 aromatic heterocycles. The summed E-state index contributed by atoms with van der Waals surface area (Å²) in [4.78, 5) is 6.52. The monoisotopic (exact) mass is 222 g/mol. The summed E-state index contributed by atoms with van der Waals surface area (Å²) in [7, 11) is 0. The molecule has 0 atom stereocenters. The summed E-state index contributed by atoms with van der Waals surface area (Å²) in [5.74, 6) is 0.636. The molecule has 2 heterocycles. The average molecular weight is 222 g/mol. The van der Waals surface area contributed by atoms with Gasteiger partial charge in [0.2, 0.25) is 5.88 Å². The first-order valence-electron chi connectivity index (χ1n) is 5.79. The SMILES string of the molecule is OCc1ccc(OCCN2CCCC2)nc1. The zero-order chi connectivity index (χ0) is 11.2. The van der Waals surface area contributed by atoms with E-state index < -0.39 is 0 Å². The molecule has 1 fully saturated rings. The van der Waals surface area contributed by atoms with Gasteiger partial charge >= 0.3 is 0 Å². The van der Waals surface area contributed by atoms with Gasteiger partial charge in [-0.2, -0.15) is 0 Å². The molecule has 0 amide bonds. The number of hydrogen-bond donors (Lipinski definition) is 1. The minimum atomic E-state index is 0.0288. The van der Waals surface area contributed by atoms with Crippen molar-refractivity contribution in [2.45, 2.75) is 19.4 Å². The number of aromatic nitrogens is 1. The van der Waals surface area contributed by atoms with Gasteiger partial charge < -0.3 is 9.84 Å². The van der Waals surface area contributed by atoms with Gasteiger partial charge in [-0.15, -0.1) is 0 Å². The van der Waals surface area contributed by atoms with Crippen LogP contribution in [0.1, 0.15) is 18.4 Å². The zero-order valence-corrected chi connectivity index (χ0v) is 9.43. The van der Waals surface area contributed by atoms with E-state index in [9.17, 15) is 0 Å². The molecule has 0 saturated carbocycles. The molecule has 88 valence electrons. The second-order valence-corrected chi connectivity index (χ2v) is 4.06. The van der Waals surface area contributed by atoms with Crippen LogP contribution in [0.2, 0.25) is 0 Å². The third-order valence-electron chi connectivity index (χ3n) is 2.84. The molecule has 1 aliphatic heterocycles. The summed E-state index contributed by atoms with van der Waals surface area (Å²) in [6.45, 7) is 4.08. The fourth-order valence-corrected chi connectivity index (χ4v) is 1.88. The van der Waals surface area contributed by atoms with E-state index in [1.807, 2.05) is 6.07 Å². The lowest BCUT2D eigenvalue weighted by molar-refractivity contribution is 0.231. The maximum atomic E-state index is 8.86. The molecule has 0 spiro atoms. The molecule has 4 nitrogen and oxygen atoms in total. The van der Waals surface area contributed by atoms with Crippen molar-refractivity contribution in [1.29, 1.82) is 0 Å². The number of ether oxygens (including phenoxy) is 1. The Morgan fingerprint density at radius 1 is 1.31 bits per heavy atom. The number of rotatable bonds is 5. The first-order chi connectivity index (χ1) is 7.88. The van der Waals surface area contributed by atoms with Crippen molar-refractivity contribution in [2.75, 3.05) is 26.2 Å². The summed E-state index contributed by atoms with van der Waals surface area (Å²) < 4.78 is 5.53. The van der Waals surface area contributed by atoms with Crippen LogP contribution in [0.3, 0.4) is 0 Å². The first kappa shape index (κ1) is 11.4. The van der Waals surface area contributed by atoms with Crippen LogP contribution in [-0.4, -0.2) is 41.2 Å². The van der Waals surface area contributed by atoms with Gasteiger partial charge in [-0.1, -0.05) is 0 Å². The Bertz CT molecular complexity index is 307. The molecule has 0 radical (unpaired) electrons. The van der Waals surface area contributed by atoms with Gasteiger partial charge in [-0.3, -0.25) is 4.90 Å². The lowest BCUT2D eigenvalue weighted by atomic mass is 10.3. The van der Waals surface area contributed by atoms with E-state index >= 15 is 0 Å². The fourth-order valence-electron chi connectivity index (χ4n) is 1.88. The Morgan fingerprint density at radius 3 is 2.75 bits per heavy atom. The molecule has 4 heteroatoms. The molecule has 2 rings (SSSR count). The maximum Gasteiger partial charge on any atom is 0.213 e. The standard InChI is InChI=1S/C12H18N2O2/c15-10-11-3-4-12(13-9-11)16-8-7-14-5-1-2-6-14/h3-4,9,15H,1-2,5-8,10H2. The Labute approximate surface area is 95.9 Å². The first-order valence-corrected chi connectivity index (χ1v) is 5.79. The molecule has 0 aromatic carbocycles. The van der Waals surface area contributed by atoms with Crippen LogP contribution in [0.25, 0.3) is 0 Å². The molecule has 0 aliphatic carbocycles. The number of aliphatic hydroxyl groups excluding tert-OH is 1. The van der Waals surface area contributed by atoms with Gasteiger partial charge in [0.15, 0.2) is 0 Å². The van der Waals surface area contributed by atoms with Crippen LogP contribution in [0, 0.1) is 0 Å². The van der Waals surface area contributed by atoms with E-state index in [2.05, 4.69) is 9.88 Å². The van der Waals surface area contributed by atoms with E-state index in [0.29, 0.717) is 12.5 Å². The lowest BCUT2D eigenvalue weighted by Gasteiger charge is -2.14. The molecule has 1 saturated heterocycles. The molecular weight excluding hydrogens is 204 g/mol. The van der Waals surface area contributed by atoms with Crippen LogP contribution >= 0.6 is 0 Å². The smallest absolute Gasteiger partial charge is 0.213 e. The van der Waals surface area contributed by atoms with E-state index in [1.54, 1.807) is 12.3 Å². The summed E-state index contributed by atoms with van der Waals surface area (Å²) in [6.07, 6.45) is 4.26. The summed E-state index contributed by atoms with van der Waals surface area (Å²) in [5.41, 5.74) is 0.812. The zero-order valence-electron chi connectivity index (χ0n) is 9.43. The van der Waals surface area contributed by atoms with E-state index in [-0.39, 0.29) is 6.61 Å². The Hall–Kier alpha value is -1.13. The third kappa shape index (κ3) is 3.18. The topological polar surface area (TPSA) is 45.6 Å². The number of pyridine rings is 1. The van der Waals surface area contributed by atoms with Crippen molar-refractivity contribution in [2.24, 2.45) is 0 Å². The van der Waals surface area contributed by atoms with Gasteiger partial charge in [0.1, 0.15) is 6.61 Å². The van der Waals surface area contributed by atoms with Crippen molar-refractivity contribution in [3.63, 3.8) is 0 Å². The minimum Gasteiger partial charge on any atom is -0.476 e. The summed E-state index contributed by atoms with van der Waals surface area (Å²) in [6, 6.07) is 3.63. The van der Waals surface area contributed by atoms with E-state index in [1.165, 1.54) is 25.9 Å². The summed E-state index contributed by atoms with van der Waals surface area (Å²) in [5, 5.41) is 8.86. The number of aliphatic hydroxyl groups is 1. The third-order valence-corrected chi connectivity index (χ3v) is 2.84. The Morgan fingerprint density at radius 2 is 2.12 bits per heavy atom. The second-order valence-electron chi connectivity index (χ2n) is 4.06. The lowest BCUT2D eigenvalue weighted by Crippen LogP contribution is -2.25. The predicted molar refractivity (Wildman–Crippen MR) is 61.3 cm³/mol. The number of hydrogen-bond acceptors (Lipinski definition) is 4. The van der Waals surface area contributed by atoms with Crippen molar-refractivity contribution >= 4 is 0 Å². The Balaban J connectivity index is 1.71. The van der Waals surface area contributed by atoms with Gasteiger partial charge in [0, 0.05) is 18.8 Å². The number of likely N-dealkylation sites (tertiary alicyclic amines) is 1. The van der Waals surface area contributed by atoms with Crippen molar-refractivity contribution in [1.82, 2.24) is 9.88 Å². The summed E-state index contributed by atoms with van der Waals surface area (Å²) >= 11 is 0. The number of nitrogens with zero attached hydrogens (tertiary/aromatic N) is 2. The van der Waals surface area contributed by atoms with Gasteiger partial charge in [-0.25, -0.2) is 4.98 Å². The highest BCUT2D eigenvalue weighted by atomic mass is 16.5. The van der Waals surface area contributed by atoms with E-state index in [4.69, 9.17) is 9.84 Å². The van der Waals surface area contributed by atoms with Gasteiger partial charge in [-0.05, 0) is 37.6 Å². The quantitative estimate of drug-likeness (QED) is 0.809. The molecular formula is C12H18N2O2. The van der Waals surface area contributed by atoms with Crippen LogP contribution < -0.4 is 4.74 Å². The fraction of sp³-hybridized carbons (Fsp3) is 0.583. The van der Waals surface area contributed by atoms with E-state index in [0.717, 1.165) is 12.1 Å². The van der Waals surface area contributed by atoms with Crippen molar-refractivity contribution < 1.29 is 9.84 Å². The molecule has 0 unspecified atom stereocenters. The van der Waals surface area contributed by atoms with Gasteiger partial charge in [0.05, 0.1) is 6.61 Å². The average Bonchev–Trinajstić information content (AvgIpc) is 2.83. The maximum absolute atomic E-state index is 8.86. The Kier molecular flexibility index (Phi) is 4.13. The molecule has 0 bridgehead atoms. The normalized spacial score (nSPS) is 16.6. The molecule has 16 heavy (non-hydrogen) atoms. The second kappa shape index (κ2) is 5.82. The highest BCUT2D eigenvalue weighted by Crippen LogP contribution is 2.09.